The zero-order valence-corrected chi connectivity index (χ0v) is 31.3. The minimum Gasteiger partial charge on any atom is -0.456 e. The van der Waals surface area contributed by atoms with Gasteiger partial charge >= 0.3 is 0 Å². The Balaban J connectivity index is 1.21. The summed E-state index contributed by atoms with van der Waals surface area (Å²) in [5.41, 5.74) is 14.7. The fourth-order valence-corrected chi connectivity index (χ4v) is 9.78. The Bertz CT molecular complexity index is 3770. The Morgan fingerprint density at radius 2 is 0.724 bits per heavy atom. The molecule has 13 rings (SSSR count). The van der Waals surface area contributed by atoms with Crippen molar-refractivity contribution in [3.63, 3.8) is 0 Å². The Hall–Kier alpha value is -7.82. The molecule has 0 bridgehead atoms. The van der Waals surface area contributed by atoms with Gasteiger partial charge < -0.3 is 18.1 Å². The van der Waals surface area contributed by atoms with E-state index >= 15 is 0 Å². The number of furan rings is 1. The van der Waals surface area contributed by atoms with Crippen LogP contribution in [0.2, 0.25) is 0 Å². The number of para-hydroxylation sites is 5. The fourth-order valence-electron chi connectivity index (χ4n) is 9.78. The standard InChI is InChI=1S/C54H33N3O/c1-4-14-36(15-5-1)55-45-22-12-10-21-42(45)51-47(55)29-26-40-41-27-30-48-52(54(41)57(53(40)51)38-18-8-3-9-19-38)44-33-34(24-28-46(44)56(48)37-16-6-2-7-17-37)35-25-31-50-43(32-35)39-20-11-13-23-49(39)58-50/h1-33H. The van der Waals surface area contributed by atoms with Gasteiger partial charge in [-0.05, 0) is 96.1 Å². The van der Waals surface area contributed by atoms with Crippen LogP contribution in [0.1, 0.15) is 0 Å². The lowest BCUT2D eigenvalue weighted by atomic mass is 10.00. The van der Waals surface area contributed by atoms with Gasteiger partial charge in [0, 0.05) is 60.2 Å². The average Bonchev–Trinajstić information content (AvgIpc) is 4.03. The van der Waals surface area contributed by atoms with E-state index in [2.05, 4.69) is 202 Å². The molecule has 58 heavy (non-hydrogen) atoms. The molecule has 13 aromatic rings. The first-order valence-electron chi connectivity index (χ1n) is 19.9. The van der Waals surface area contributed by atoms with Crippen molar-refractivity contribution in [2.45, 2.75) is 0 Å². The predicted octanol–water partition coefficient (Wildman–Crippen LogP) is 14.5. The monoisotopic (exact) mass is 739 g/mol. The molecule has 9 aromatic carbocycles. The average molecular weight is 740 g/mol. The van der Waals surface area contributed by atoms with E-state index in [1.54, 1.807) is 0 Å². The van der Waals surface area contributed by atoms with E-state index < -0.39 is 0 Å². The van der Waals surface area contributed by atoms with Gasteiger partial charge in [0.25, 0.3) is 0 Å². The van der Waals surface area contributed by atoms with Crippen LogP contribution in [-0.4, -0.2) is 13.7 Å². The SMILES string of the molecule is c1ccc(-n2c3ccccc3c3c2ccc2c4ccc5c(c6cc(-c7ccc8oc9ccccc9c8c7)ccc6n5-c5ccccc5)c4n(-c4ccccc4)c23)cc1. The first kappa shape index (κ1) is 31.4. The molecule has 0 aliphatic carbocycles. The smallest absolute Gasteiger partial charge is 0.135 e. The second-order valence-electron chi connectivity index (χ2n) is 15.3. The number of rotatable bonds is 4. The summed E-state index contributed by atoms with van der Waals surface area (Å²) in [5.74, 6) is 0. The van der Waals surface area contributed by atoms with Crippen molar-refractivity contribution in [2.24, 2.45) is 0 Å². The van der Waals surface area contributed by atoms with Gasteiger partial charge in [-0.25, -0.2) is 0 Å². The molecule has 4 heterocycles. The molecular formula is C54H33N3O. The number of nitrogens with zero attached hydrogens (tertiary/aromatic N) is 3. The topological polar surface area (TPSA) is 27.9 Å². The molecule has 4 heteroatoms. The van der Waals surface area contributed by atoms with Crippen LogP contribution in [-0.2, 0) is 0 Å². The van der Waals surface area contributed by atoms with Crippen molar-refractivity contribution < 1.29 is 4.42 Å². The van der Waals surface area contributed by atoms with E-state index in [0.717, 1.165) is 44.6 Å². The molecule has 0 saturated carbocycles. The number of benzene rings is 9. The third-order valence-corrected chi connectivity index (χ3v) is 12.2. The van der Waals surface area contributed by atoms with E-state index in [1.807, 2.05) is 12.1 Å². The van der Waals surface area contributed by atoms with E-state index in [0.29, 0.717) is 0 Å². The summed E-state index contributed by atoms with van der Waals surface area (Å²) in [6.07, 6.45) is 0. The summed E-state index contributed by atoms with van der Waals surface area (Å²) in [4.78, 5) is 0. The molecule has 4 aromatic heterocycles. The predicted molar refractivity (Wildman–Crippen MR) is 242 cm³/mol. The van der Waals surface area contributed by atoms with Gasteiger partial charge in [-0.2, -0.15) is 0 Å². The highest BCUT2D eigenvalue weighted by atomic mass is 16.3. The Labute approximate surface area is 332 Å². The second-order valence-corrected chi connectivity index (χ2v) is 15.3. The molecule has 0 aliphatic heterocycles. The lowest BCUT2D eigenvalue weighted by Gasteiger charge is -2.11. The maximum Gasteiger partial charge on any atom is 0.135 e. The first-order valence-corrected chi connectivity index (χ1v) is 19.9. The van der Waals surface area contributed by atoms with Gasteiger partial charge in [0.2, 0.25) is 0 Å². The summed E-state index contributed by atoms with van der Waals surface area (Å²) < 4.78 is 13.6. The lowest BCUT2D eigenvalue weighted by Crippen LogP contribution is -1.96. The molecule has 0 N–H and O–H groups in total. The van der Waals surface area contributed by atoms with Crippen LogP contribution in [0.15, 0.2) is 205 Å². The van der Waals surface area contributed by atoms with Gasteiger partial charge in [-0.3, -0.25) is 0 Å². The largest absolute Gasteiger partial charge is 0.456 e. The molecule has 0 radical (unpaired) electrons. The van der Waals surface area contributed by atoms with Crippen LogP contribution in [0.4, 0.5) is 0 Å². The van der Waals surface area contributed by atoms with E-state index in [4.69, 9.17) is 4.42 Å². The summed E-state index contributed by atoms with van der Waals surface area (Å²) >= 11 is 0. The summed E-state index contributed by atoms with van der Waals surface area (Å²) in [7, 11) is 0. The minimum atomic E-state index is 0.903. The molecule has 0 unspecified atom stereocenters. The highest BCUT2D eigenvalue weighted by Crippen LogP contribution is 2.47. The molecule has 0 atom stereocenters. The summed E-state index contributed by atoms with van der Waals surface area (Å²) in [6.45, 7) is 0. The maximum absolute atomic E-state index is 6.23. The van der Waals surface area contributed by atoms with Crippen LogP contribution in [0.25, 0.3) is 116 Å². The third kappa shape index (κ3) is 4.29. The van der Waals surface area contributed by atoms with Gasteiger partial charge in [-0.15, -0.1) is 0 Å². The zero-order valence-electron chi connectivity index (χ0n) is 31.3. The Morgan fingerprint density at radius 1 is 0.276 bits per heavy atom. The lowest BCUT2D eigenvalue weighted by molar-refractivity contribution is 0.669. The van der Waals surface area contributed by atoms with Crippen molar-refractivity contribution in [3.05, 3.63) is 200 Å². The van der Waals surface area contributed by atoms with Crippen molar-refractivity contribution in [1.82, 2.24) is 13.7 Å². The number of aromatic nitrogens is 3. The van der Waals surface area contributed by atoms with Crippen LogP contribution in [0, 0.1) is 0 Å². The Kier molecular flexibility index (Phi) is 6.41. The van der Waals surface area contributed by atoms with Crippen LogP contribution in [0.3, 0.4) is 0 Å². The fraction of sp³-hybridized carbons (Fsp3) is 0. The highest BCUT2D eigenvalue weighted by molar-refractivity contribution is 6.31. The number of hydrogen-bond donors (Lipinski definition) is 0. The number of hydrogen-bond acceptors (Lipinski definition) is 1. The maximum atomic E-state index is 6.23. The van der Waals surface area contributed by atoms with Gasteiger partial charge in [-0.1, -0.05) is 115 Å². The van der Waals surface area contributed by atoms with Crippen molar-refractivity contribution >= 4 is 87.4 Å². The molecular weight excluding hydrogens is 707 g/mol. The van der Waals surface area contributed by atoms with Gasteiger partial charge in [0.05, 0.1) is 33.1 Å². The first-order chi connectivity index (χ1) is 28.8. The molecule has 0 spiro atoms. The molecule has 0 aliphatic rings. The molecule has 270 valence electrons. The highest BCUT2D eigenvalue weighted by Gasteiger charge is 2.25. The van der Waals surface area contributed by atoms with Gasteiger partial charge in [0.1, 0.15) is 11.2 Å². The number of fused-ring (bicyclic) bond motifs is 14. The van der Waals surface area contributed by atoms with Crippen LogP contribution < -0.4 is 0 Å². The second kappa shape index (κ2) is 11.8. The Morgan fingerprint density at radius 3 is 1.36 bits per heavy atom. The molecule has 0 fully saturated rings. The van der Waals surface area contributed by atoms with E-state index in [1.165, 1.54) is 71.0 Å². The van der Waals surface area contributed by atoms with Crippen molar-refractivity contribution in [2.75, 3.05) is 0 Å². The third-order valence-electron chi connectivity index (χ3n) is 12.2. The van der Waals surface area contributed by atoms with Crippen LogP contribution >= 0.6 is 0 Å². The van der Waals surface area contributed by atoms with Crippen molar-refractivity contribution in [1.29, 1.82) is 0 Å². The molecule has 4 nitrogen and oxygen atoms in total. The quantitative estimate of drug-likeness (QED) is 0.177. The molecule has 0 saturated heterocycles. The van der Waals surface area contributed by atoms with Gasteiger partial charge in [0.15, 0.2) is 0 Å². The molecule has 0 amide bonds. The minimum absolute atomic E-state index is 0.903. The normalized spacial score (nSPS) is 12.1. The van der Waals surface area contributed by atoms with Crippen LogP contribution in [0.5, 0.6) is 0 Å². The van der Waals surface area contributed by atoms with Crippen molar-refractivity contribution in [3.8, 4) is 28.2 Å². The zero-order chi connectivity index (χ0) is 37.9. The van der Waals surface area contributed by atoms with E-state index in [9.17, 15) is 0 Å². The van der Waals surface area contributed by atoms with E-state index in [-0.39, 0.29) is 0 Å². The summed E-state index contributed by atoms with van der Waals surface area (Å²) in [6, 6.07) is 72.5. The summed E-state index contributed by atoms with van der Waals surface area (Å²) in [5, 5.41) is 9.65.